The first kappa shape index (κ1) is 97.6. The molecule has 0 radical (unpaired) electrons. The molecule has 0 aliphatic rings. The van der Waals surface area contributed by atoms with Crippen LogP contribution in [0.2, 0.25) is 0 Å². The van der Waals surface area contributed by atoms with Crippen LogP contribution in [0.1, 0.15) is 111 Å². The molecule has 692 valence electrons. The molecule has 16 aromatic rings. The molecular formula is C106H76F24O4. The minimum absolute atomic E-state index is 0.0196. The second-order valence-corrected chi connectivity index (χ2v) is 31.3. The Morgan fingerprint density at radius 1 is 0.179 bits per heavy atom. The SMILES string of the molecule is CCCCCc1ccc(-c2cc(F)c(OCc3ccc4c(F)c(F)c(F)cc4c3)c(F)c2)c(F)c1.CCCCc1ccc(-c2cc(F)c(OCc3ccc4c(F)c(F)c(F)cc4c3)c(F)c2)c(F)c1.CCCc1ccc(-c2cc(F)c(OCc3ccc4c(F)c(F)c(F)cc4c3)c(F)c2)c(F)c1.CCc1ccc(-c2cc(F)c(OCc3ccc4c(F)c(F)c(F)cc4c3)c(F)c2)c(F)c1. The summed E-state index contributed by atoms with van der Waals surface area (Å²) >= 11 is 0. The molecule has 0 fully saturated rings. The van der Waals surface area contributed by atoms with Crippen LogP contribution in [0.15, 0.2) is 218 Å². The van der Waals surface area contributed by atoms with E-state index in [0.29, 0.717) is 41.5 Å². The van der Waals surface area contributed by atoms with E-state index < -0.39 is 163 Å². The van der Waals surface area contributed by atoms with E-state index in [9.17, 15) is 105 Å². The van der Waals surface area contributed by atoms with Crippen molar-refractivity contribution < 1.29 is 124 Å². The molecule has 0 unspecified atom stereocenters. The van der Waals surface area contributed by atoms with E-state index in [0.717, 1.165) is 140 Å². The number of ether oxygens (including phenoxy) is 4. The zero-order valence-electron chi connectivity index (χ0n) is 71.4. The predicted molar refractivity (Wildman–Crippen MR) is 465 cm³/mol. The predicted octanol–water partition coefficient (Wildman–Crippen LogP) is 32.3. The topological polar surface area (TPSA) is 36.9 Å². The Kier molecular flexibility index (Phi) is 31.5. The van der Waals surface area contributed by atoms with Crippen molar-refractivity contribution in [3.8, 4) is 67.5 Å². The van der Waals surface area contributed by atoms with Crippen LogP contribution in [0, 0.1) is 140 Å². The van der Waals surface area contributed by atoms with Gasteiger partial charge in [-0.1, -0.05) is 150 Å². The average molecular weight is 1870 g/mol. The molecule has 16 rings (SSSR count). The van der Waals surface area contributed by atoms with E-state index >= 15 is 0 Å². The molecule has 0 aliphatic heterocycles. The third kappa shape index (κ3) is 22.5. The average Bonchev–Trinajstić information content (AvgIpc) is 0.847. The van der Waals surface area contributed by atoms with Gasteiger partial charge in [0.25, 0.3) is 0 Å². The fraction of sp³-hybridized carbons (Fsp3) is 0.170. The maximum atomic E-state index is 14.7. The van der Waals surface area contributed by atoms with Gasteiger partial charge in [0, 0.05) is 43.8 Å². The summed E-state index contributed by atoms with van der Waals surface area (Å²) < 4.78 is 359. The highest BCUT2D eigenvalue weighted by atomic mass is 19.2. The van der Waals surface area contributed by atoms with E-state index in [1.165, 1.54) is 121 Å². The van der Waals surface area contributed by atoms with Crippen LogP contribution in [0.5, 0.6) is 23.0 Å². The fourth-order valence-electron chi connectivity index (χ4n) is 14.9. The van der Waals surface area contributed by atoms with Gasteiger partial charge in [0.2, 0.25) is 0 Å². The lowest BCUT2D eigenvalue weighted by Crippen LogP contribution is -2.01. The number of fused-ring (bicyclic) bond motifs is 4. The normalized spacial score (nSPS) is 11.3. The Bertz CT molecular complexity index is 7010. The van der Waals surface area contributed by atoms with E-state index in [1.807, 2.05) is 20.8 Å². The van der Waals surface area contributed by atoms with Gasteiger partial charge < -0.3 is 18.9 Å². The molecule has 28 heteroatoms. The van der Waals surface area contributed by atoms with Gasteiger partial charge in [0.05, 0.1) is 0 Å². The summed E-state index contributed by atoms with van der Waals surface area (Å²) in [6.45, 7) is 6.67. The number of halogens is 24. The molecule has 0 saturated heterocycles. The number of hydrogen-bond donors (Lipinski definition) is 0. The Morgan fingerprint density at radius 2 is 0.403 bits per heavy atom. The van der Waals surface area contributed by atoms with Crippen molar-refractivity contribution >= 4 is 43.1 Å². The van der Waals surface area contributed by atoms with Crippen molar-refractivity contribution in [1.82, 2.24) is 0 Å². The van der Waals surface area contributed by atoms with Gasteiger partial charge in [-0.3, -0.25) is 0 Å². The Hall–Kier alpha value is -13.9. The highest BCUT2D eigenvalue weighted by Crippen LogP contribution is 2.40. The highest BCUT2D eigenvalue weighted by molar-refractivity contribution is 5.87. The van der Waals surface area contributed by atoms with Crippen molar-refractivity contribution in [2.24, 2.45) is 0 Å². The third-order valence-electron chi connectivity index (χ3n) is 21.9. The first-order valence-corrected chi connectivity index (χ1v) is 42.0. The Labute approximate surface area is 752 Å². The van der Waals surface area contributed by atoms with Crippen LogP contribution in [0.25, 0.3) is 87.6 Å². The zero-order valence-corrected chi connectivity index (χ0v) is 71.4. The van der Waals surface area contributed by atoms with E-state index in [-0.39, 0.29) is 114 Å². The van der Waals surface area contributed by atoms with E-state index in [4.69, 9.17) is 18.9 Å². The molecule has 4 nitrogen and oxygen atoms in total. The van der Waals surface area contributed by atoms with Crippen LogP contribution in [-0.4, -0.2) is 0 Å². The van der Waals surface area contributed by atoms with Crippen molar-refractivity contribution in [1.29, 1.82) is 0 Å². The zero-order chi connectivity index (χ0) is 96.2. The van der Waals surface area contributed by atoms with Crippen LogP contribution in [0.4, 0.5) is 105 Å². The first-order chi connectivity index (χ1) is 64.1. The molecule has 0 N–H and O–H groups in total. The van der Waals surface area contributed by atoms with Crippen molar-refractivity contribution in [2.45, 2.75) is 118 Å². The maximum absolute atomic E-state index is 14.7. The second-order valence-electron chi connectivity index (χ2n) is 31.3. The molecule has 0 spiro atoms. The van der Waals surface area contributed by atoms with Gasteiger partial charge in [-0.05, 0) is 248 Å². The standard InChI is InChI=1S/C28H22F6O.C27H20F6O.C26H18F6O.C25H16F6O/c1-2-3-4-5-16-6-8-20(22(29)11-16)19-13-24(31)28(25(32)14-19)35-15-17-7-9-21-18(10-17)12-23(30)27(34)26(21)33;1-2-3-4-15-5-7-19(21(28)10-15)18-12-23(30)27(24(31)13-18)34-14-16-6-8-20-17(9-16)11-22(29)26(33)25(20)32;1-2-3-14-4-6-18(20(27)9-14)17-11-22(29)26(23(30)12-17)33-13-15-5-7-19-16(8-15)10-21(28)25(32)24(19)31;1-2-13-3-5-17(19(26)8-13)16-10-21(28)25(22(29)11-16)32-12-14-4-6-18-15(7-14)9-20(27)24(31)23(18)30/h6-14H,2-5,15H2,1H3;5-13H,2-4,14H2,1H3;4-12H,2-3,13H2,1H3;3-11H,2,12H2,1H3. The van der Waals surface area contributed by atoms with Gasteiger partial charge in [-0.25, -0.2) is 105 Å². The summed E-state index contributed by atoms with van der Waals surface area (Å²) in [4.78, 5) is 0. The minimum atomic E-state index is -1.58. The molecular weight excluding hydrogens is 1790 g/mol. The fourth-order valence-corrected chi connectivity index (χ4v) is 14.9. The molecule has 134 heavy (non-hydrogen) atoms. The monoisotopic (exact) mass is 1870 g/mol. The number of unbranched alkanes of at least 4 members (excludes halogenated alkanes) is 3. The molecule has 16 aromatic carbocycles. The summed E-state index contributed by atoms with van der Waals surface area (Å²) in [5.41, 5.74) is 4.94. The summed E-state index contributed by atoms with van der Waals surface area (Å²) in [6.07, 6.45) is 8.48. The van der Waals surface area contributed by atoms with Crippen molar-refractivity contribution in [3.63, 3.8) is 0 Å². The lowest BCUT2D eigenvalue weighted by atomic mass is 10.00. The van der Waals surface area contributed by atoms with Gasteiger partial charge in [-0.15, -0.1) is 0 Å². The molecule has 0 aliphatic carbocycles. The van der Waals surface area contributed by atoms with Crippen LogP contribution in [0.3, 0.4) is 0 Å². The molecule has 0 aromatic heterocycles. The minimum Gasteiger partial charge on any atom is -0.483 e. The first-order valence-electron chi connectivity index (χ1n) is 42.0. The largest absolute Gasteiger partial charge is 0.483 e. The van der Waals surface area contributed by atoms with Gasteiger partial charge in [-0.2, -0.15) is 0 Å². The Morgan fingerprint density at radius 3 is 0.634 bits per heavy atom. The van der Waals surface area contributed by atoms with Gasteiger partial charge >= 0.3 is 0 Å². The lowest BCUT2D eigenvalue weighted by molar-refractivity contribution is 0.274. The van der Waals surface area contributed by atoms with Crippen LogP contribution >= 0.6 is 0 Å². The summed E-state index contributed by atoms with van der Waals surface area (Å²) in [6, 6.07) is 45.1. The molecule has 0 bridgehead atoms. The van der Waals surface area contributed by atoms with E-state index in [2.05, 4.69) is 6.92 Å². The Balaban J connectivity index is 0.000000152. The second kappa shape index (κ2) is 43.2. The summed E-state index contributed by atoms with van der Waals surface area (Å²) in [5, 5.41) is -0.230. The van der Waals surface area contributed by atoms with Crippen LogP contribution in [-0.2, 0) is 52.1 Å². The third-order valence-corrected chi connectivity index (χ3v) is 21.9. The quantitative estimate of drug-likeness (QED) is 0.0308. The smallest absolute Gasteiger partial charge is 0.195 e. The van der Waals surface area contributed by atoms with E-state index in [1.54, 1.807) is 24.3 Å². The number of rotatable bonds is 26. The maximum Gasteiger partial charge on any atom is 0.195 e. The molecule has 0 amide bonds. The molecule has 0 heterocycles. The number of hydrogen-bond acceptors (Lipinski definition) is 4. The van der Waals surface area contributed by atoms with Gasteiger partial charge in [0.1, 0.15) is 49.7 Å². The van der Waals surface area contributed by atoms with Gasteiger partial charge in [0.15, 0.2) is 139 Å². The summed E-state index contributed by atoms with van der Waals surface area (Å²) in [5.74, 6) is -30.2. The molecule has 0 saturated carbocycles. The number of benzene rings is 16. The number of aryl methyl sites for hydroxylation is 4. The lowest BCUT2D eigenvalue weighted by Gasteiger charge is -2.12. The highest BCUT2D eigenvalue weighted by Gasteiger charge is 2.26. The van der Waals surface area contributed by atoms with Crippen LogP contribution < -0.4 is 18.9 Å². The molecule has 0 atom stereocenters. The van der Waals surface area contributed by atoms with Crippen molar-refractivity contribution in [3.05, 3.63) is 403 Å². The summed E-state index contributed by atoms with van der Waals surface area (Å²) in [7, 11) is 0. The van der Waals surface area contributed by atoms with Crippen molar-refractivity contribution in [2.75, 3.05) is 0 Å².